The van der Waals surface area contributed by atoms with Crippen LogP contribution in [0.15, 0.2) is 40.9 Å². The molecule has 3 heteroatoms. The Balaban J connectivity index is 2.38. The Labute approximate surface area is 135 Å². The van der Waals surface area contributed by atoms with Crippen LogP contribution in [0.2, 0.25) is 0 Å². The second kappa shape index (κ2) is 6.20. The molecule has 21 heavy (non-hydrogen) atoms. The van der Waals surface area contributed by atoms with Crippen LogP contribution in [0.25, 0.3) is 0 Å². The molecule has 0 aliphatic heterocycles. The monoisotopic (exact) mass is 347 g/mol. The first-order valence-electron chi connectivity index (χ1n) is 7.09. The highest BCUT2D eigenvalue weighted by Crippen LogP contribution is 2.35. The Morgan fingerprint density at radius 2 is 1.81 bits per heavy atom. The fourth-order valence-corrected chi connectivity index (χ4v) is 2.72. The van der Waals surface area contributed by atoms with Crippen molar-refractivity contribution in [3.63, 3.8) is 0 Å². The van der Waals surface area contributed by atoms with Gasteiger partial charge in [-0.05, 0) is 36.1 Å². The first-order valence-corrected chi connectivity index (χ1v) is 7.88. The first kappa shape index (κ1) is 16.1. The molecule has 2 N–H and O–H groups in total. The van der Waals surface area contributed by atoms with Crippen molar-refractivity contribution < 1.29 is 4.74 Å². The predicted octanol–water partition coefficient (Wildman–Crippen LogP) is 5.31. The second-order valence-electron chi connectivity index (χ2n) is 6.31. The summed E-state index contributed by atoms with van der Waals surface area (Å²) < 4.78 is 7.08. The van der Waals surface area contributed by atoms with E-state index in [4.69, 9.17) is 10.5 Å². The molecule has 0 spiro atoms. The van der Waals surface area contributed by atoms with Crippen molar-refractivity contribution in [2.24, 2.45) is 5.73 Å². The Hall–Kier alpha value is -1.32. The van der Waals surface area contributed by atoms with E-state index in [2.05, 4.69) is 55.8 Å². The number of halogens is 1. The topological polar surface area (TPSA) is 35.2 Å². The molecule has 0 fully saturated rings. The largest absolute Gasteiger partial charge is 0.457 e. The minimum Gasteiger partial charge on any atom is -0.457 e. The summed E-state index contributed by atoms with van der Waals surface area (Å²) in [6, 6.07) is 12.2. The molecule has 0 amide bonds. The van der Waals surface area contributed by atoms with E-state index < -0.39 is 0 Å². The van der Waals surface area contributed by atoms with Crippen molar-refractivity contribution in [1.29, 1.82) is 0 Å². The number of hydrogen-bond donors (Lipinski definition) is 1. The Morgan fingerprint density at radius 1 is 1.10 bits per heavy atom. The molecular formula is C18H22BrNO. The smallest absolute Gasteiger partial charge is 0.131 e. The van der Waals surface area contributed by atoms with Gasteiger partial charge in [-0.2, -0.15) is 0 Å². The SMILES string of the molecule is Cc1ccc(Oc2ccc(CN)c(Br)c2)c(C(C)(C)C)c1. The second-order valence-corrected chi connectivity index (χ2v) is 7.16. The minimum atomic E-state index is 0.0375. The van der Waals surface area contributed by atoms with E-state index in [1.807, 2.05) is 24.3 Å². The maximum Gasteiger partial charge on any atom is 0.131 e. The van der Waals surface area contributed by atoms with E-state index in [1.165, 1.54) is 11.1 Å². The van der Waals surface area contributed by atoms with Crippen LogP contribution in [0.5, 0.6) is 11.5 Å². The number of nitrogens with two attached hydrogens (primary N) is 1. The van der Waals surface area contributed by atoms with Crippen molar-refractivity contribution >= 4 is 15.9 Å². The zero-order valence-corrected chi connectivity index (χ0v) is 14.6. The molecule has 112 valence electrons. The molecule has 2 aromatic rings. The summed E-state index contributed by atoms with van der Waals surface area (Å²) in [6.45, 7) is 9.20. The summed E-state index contributed by atoms with van der Waals surface area (Å²) >= 11 is 3.53. The summed E-state index contributed by atoms with van der Waals surface area (Å²) in [5.41, 5.74) is 9.24. The lowest BCUT2D eigenvalue weighted by Gasteiger charge is -2.23. The molecule has 0 aliphatic rings. The molecule has 2 aromatic carbocycles. The Morgan fingerprint density at radius 3 is 2.38 bits per heavy atom. The standard InChI is InChI=1S/C18H22BrNO/c1-12-5-8-17(15(9-12)18(2,3)4)21-14-7-6-13(11-20)16(19)10-14/h5-10H,11,20H2,1-4H3. The Kier molecular flexibility index (Phi) is 4.74. The van der Waals surface area contributed by atoms with Gasteiger partial charge in [0.05, 0.1) is 0 Å². The van der Waals surface area contributed by atoms with Crippen molar-refractivity contribution in [3.05, 3.63) is 57.6 Å². The van der Waals surface area contributed by atoms with E-state index in [0.717, 1.165) is 21.5 Å². The quantitative estimate of drug-likeness (QED) is 0.816. The molecule has 0 aromatic heterocycles. The van der Waals surface area contributed by atoms with Gasteiger partial charge in [-0.25, -0.2) is 0 Å². The molecular weight excluding hydrogens is 326 g/mol. The molecule has 0 radical (unpaired) electrons. The summed E-state index contributed by atoms with van der Waals surface area (Å²) in [7, 11) is 0. The van der Waals surface area contributed by atoms with Gasteiger partial charge >= 0.3 is 0 Å². The lowest BCUT2D eigenvalue weighted by molar-refractivity contribution is 0.454. The third-order valence-corrected chi connectivity index (χ3v) is 4.15. The summed E-state index contributed by atoms with van der Waals surface area (Å²) in [4.78, 5) is 0. The fourth-order valence-electron chi connectivity index (χ4n) is 2.20. The summed E-state index contributed by atoms with van der Waals surface area (Å²) in [5.74, 6) is 1.72. The van der Waals surface area contributed by atoms with E-state index >= 15 is 0 Å². The summed E-state index contributed by atoms with van der Waals surface area (Å²) in [5, 5.41) is 0. The van der Waals surface area contributed by atoms with Crippen LogP contribution in [0, 0.1) is 6.92 Å². The van der Waals surface area contributed by atoms with Crippen molar-refractivity contribution in [2.75, 3.05) is 0 Å². The van der Waals surface area contributed by atoms with E-state index in [9.17, 15) is 0 Å². The van der Waals surface area contributed by atoms with Gasteiger partial charge in [0.25, 0.3) is 0 Å². The average Bonchev–Trinajstić information content (AvgIpc) is 2.40. The van der Waals surface area contributed by atoms with Crippen LogP contribution in [0.3, 0.4) is 0 Å². The van der Waals surface area contributed by atoms with E-state index in [1.54, 1.807) is 0 Å². The van der Waals surface area contributed by atoms with Gasteiger partial charge in [0, 0.05) is 16.6 Å². The first-order chi connectivity index (χ1) is 9.81. The highest BCUT2D eigenvalue weighted by molar-refractivity contribution is 9.10. The number of hydrogen-bond acceptors (Lipinski definition) is 2. The number of benzene rings is 2. The van der Waals surface area contributed by atoms with Gasteiger partial charge in [-0.15, -0.1) is 0 Å². The fraction of sp³-hybridized carbons (Fsp3) is 0.333. The lowest BCUT2D eigenvalue weighted by atomic mass is 9.85. The molecule has 0 aliphatic carbocycles. The summed E-state index contributed by atoms with van der Waals surface area (Å²) in [6.07, 6.45) is 0. The van der Waals surface area contributed by atoms with Crippen molar-refractivity contribution in [2.45, 2.75) is 39.7 Å². The number of ether oxygens (including phenoxy) is 1. The molecule has 0 unspecified atom stereocenters. The van der Waals surface area contributed by atoms with E-state index in [0.29, 0.717) is 6.54 Å². The third kappa shape index (κ3) is 3.86. The van der Waals surface area contributed by atoms with Crippen molar-refractivity contribution in [3.8, 4) is 11.5 Å². The third-order valence-electron chi connectivity index (χ3n) is 3.42. The van der Waals surface area contributed by atoms with Crippen LogP contribution >= 0.6 is 15.9 Å². The van der Waals surface area contributed by atoms with Gasteiger partial charge in [0.1, 0.15) is 11.5 Å². The molecule has 0 saturated carbocycles. The number of rotatable bonds is 3. The molecule has 0 bridgehead atoms. The zero-order valence-electron chi connectivity index (χ0n) is 13.0. The lowest BCUT2D eigenvalue weighted by Crippen LogP contribution is -2.12. The van der Waals surface area contributed by atoms with Crippen LogP contribution in [0.4, 0.5) is 0 Å². The molecule has 0 heterocycles. The van der Waals surface area contributed by atoms with Crippen LogP contribution in [-0.4, -0.2) is 0 Å². The van der Waals surface area contributed by atoms with E-state index in [-0.39, 0.29) is 5.41 Å². The minimum absolute atomic E-state index is 0.0375. The zero-order chi connectivity index (χ0) is 15.6. The normalized spacial score (nSPS) is 11.5. The van der Waals surface area contributed by atoms with Crippen LogP contribution < -0.4 is 10.5 Å². The van der Waals surface area contributed by atoms with Gasteiger partial charge < -0.3 is 10.5 Å². The van der Waals surface area contributed by atoms with Gasteiger partial charge in [-0.3, -0.25) is 0 Å². The maximum atomic E-state index is 6.10. The van der Waals surface area contributed by atoms with Gasteiger partial charge in [0.2, 0.25) is 0 Å². The molecule has 2 nitrogen and oxygen atoms in total. The average molecular weight is 348 g/mol. The van der Waals surface area contributed by atoms with Crippen LogP contribution in [-0.2, 0) is 12.0 Å². The van der Waals surface area contributed by atoms with Crippen LogP contribution in [0.1, 0.15) is 37.5 Å². The Bertz CT molecular complexity index is 644. The van der Waals surface area contributed by atoms with Gasteiger partial charge in [-0.1, -0.05) is 60.5 Å². The molecule has 0 atom stereocenters. The molecule has 2 rings (SSSR count). The number of aryl methyl sites for hydroxylation is 1. The highest BCUT2D eigenvalue weighted by Gasteiger charge is 2.19. The van der Waals surface area contributed by atoms with Crippen molar-refractivity contribution in [1.82, 2.24) is 0 Å². The highest BCUT2D eigenvalue weighted by atomic mass is 79.9. The predicted molar refractivity (Wildman–Crippen MR) is 92.0 cm³/mol. The maximum absolute atomic E-state index is 6.10. The molecule has 0 saturated heterocycles. The van der Waals surface area contributed by atoms with Gasteiger partial charge in [0.15, 0.2) is 0 Å².